The van der Waals surface area contributed by atoms with Gasteiger partial charge in [-0.1, -0.05) is 18.2 Å². The molecule has 33 heavy (non-hydrogen) atoms. The summed E-state index contributed by atoms with van der Waals surface area (Å²) < 4.78 is 7.63. The Bertz CT molecular complexity index is 1110. The standard InChI is InChI=1S/C26H31N5O2/c1-2-13-31-24-6-4-3-5-23(24)28-26(31)30-14-11-20(12-15-30)25(32)27-21-7-9-22(10-8-21)29-16-18-33-19-17-29/h2-10,20H,1,11-19H2,(H,27,32). The molecule has 1 amide bonds. The average molecular weight is 446 g/mol. The van der Waals surface area contributed by atoms with Crippen molar-refractivity contribution in [3.8, 4) is 0 Å². The molecule has 7 heteroatoms. The number of carbonyl (C=O) groups excluding carboxylic acids is 1. The van der Waals surface area contributed by atoms with Gasteiger partial charge in [-0.3, -0.25) is 4.79 Å². The molecule has 1 N–H and O–H groups in total. The monoisotopic (exact) mass is 445 g/mol. The van der Waals surface area contributed by atoms with Crippen LogP contribution in [0.5, 0.6) is 0 Å². The van der Waals surface area contributed by atoms with Gasteiger partial charge in [0.1, 0.15) is 0 Å². The predicted molar refractivity (Wildman–Crippen MR) is 133 cm³/mol. The van der Waals surface area contributed by atoms with Gasteiger partial charge in [0.2, 0.25) is 11.9 Å². The van der Waals surface area contributed by atoms with E-state index in [0.717, 1.165) is 81.4 Å². The van der Waals surface area contributed by atoms with Crippen molar-refractivity contribution < 1.29 is 9.53 Å². The number of anilines is 3. The second-order valence-electron chi connectivity index (χ2n) is 8.70. The topological polar surface area (TPSA) is 62.6 Å². The number of rotatable bonds is 6. The van der Waals surface area contributed by atoms with Gasteiger partial charge in [0, 0.05) is 50.0 Å². The predicted octanol–water partition coefficient (Wildman–Crippen LogP) is 3.91. The number of benzene rings is 2. The number of para-hydroxylation sites is 2. The minimum absolute atomic E-state index is 0.0115. The van der Waals surface area contributed by atoms with E-state index in [4.69, 9.17) is 9.72 Å². The molecule has 172 valence electrons. The molecule has 7 nitrogen and oxygen atoms in total. The maximum Gasteiger partial charge on any atom is 0.227 e. The third kappa shape index (κ3) is 4.59. The van der Waals surface area contributed by atoms with E-state index in [2.05, 4.69) is 44.5 Å². The fourth-order valence-corrected chi connectivity index (χ4v) is 4.78. The summed E-state index contributed by atoms with van der Waals surface area (Å²) in [6.45, 7) is 9.60. The Kier molecular flexibility index (Phi) is 6.30. The molecule has 2 aliphatic rings. The summed E-state index contributed by atoms with van der Waals surface area (Å²) >= 11 is 0. The number of allylic oxidation sites excluding steroid dienone is 1. The molecule has 1 aromatic heterocycles. The summed E-state index contributed by atoms with van der Waals surface area (Å²) in [6.07, 6.45) is 3.53. The number of ether oxygens (including phenoxy) is 1. The summed E-state index contributed by atoms with van der Waals surface area (Å²) in [5.41, 5.74) is 4.14. The number of piperidine rings is 1. The summed E-state index contributed by atoms with van der Waals surface area (Å²) in [5, 5.41) is 3.11. The van der Waals surface area contributed by atoms with Crippen LogP contribution in [-0.2, 0) is 16.1 Å². The number of morpholine rings is 1. The molecule has 0 saturated carbocycles. The molecule has 2 fully saturated rings. The second-order valence-corrected chi connectivity index (χ2v) is 8.70. The van der Waals surface area contributed by atoms with Gasteiger partial charge in [0.25, 0.3) is 0 Å². The highest BCUT2D eigenvalue weighted by Crippen LogP contribution is 2.28. The number of nitrogens with one attached hydrogen (secondary N) is 1. The molecule has 2 saturated heterocycles. The van der Waals surface area contributed by atoms with Crippen LogP contribution in [0.2, 0.25) is 0 Å². The molecule has 0 radical (unpaired) electrons. The maximum absolute atomic E-state index is 12.9. The number of hydrogen-bond donors (Lipinski definition) is 1. The number of nitrogens with zero attached hydrogens (tertiary/aromatic N) is 4. The minimum atomic E-state index is 0.0115. The number of aromatic nitrogens is 2. The third-order valence-electron chi connectivity index (χ3n) is 6.61. The highest BCUT2D eigenvalue weighted by molar-refractivity contribution is 5.93. The third-order valence-corrected chi connectivity index (χ3v) is 6.61. The van der Waals surface area contributed by atoms with Crippen molar-refractivity contribution in [1.82, 2.24) is 9.55 Å². The zero-order chi connectivity index (χ0) is 22.6. The lowest BCUT2D eigenvalue weighted by Crippen LogP contribution is -2.39. The zero-order valence-electron chi connectivity index (χ0n) is 18.9. The molecule has 2 aliphatic heterocycles. The second kappa shape index (κ2) is 9.67. The first-order valence-electron chi connectivity index (χ1n) is 11.8. The quantitative estimate of drug-likeness (QED) is 0.583. The highest BCUT2D eigenvalue weighted by atomic mass is 16.5. The smallest absolute Gasteiger partial charge is 0.227 e. The molecular weight excluding hydrogens is 414 g/mol. The van der Waals surface area contributed by atoms with Crippen LogP contribution in [0.15, 0.2) is 61.2 Å². The molecule has 0 spiro atoms. The van der Waals surface area contributed by atoms with Crippen LogP contribution in [0.4, 0.5) is 17.3 Å². The van der Waals surface area contributed by atoms with Gasteiger partial charge in [-0.25, -0.2) is 4.98 Å². The van der Waals surface area contributed by atoms with E-state index in [1.54, 1.807) is 0 Å². The first-order chi connectivity index (χ1) is 16.2. The van der Waals surface area contributed by atoms with Gasteiger partial charge in [-0.15, -0.1) is 6.58 Å². The molecule has 0 unspecified atom stereocenters. The van der Waals surface area contributed by atoms with Gasteiger partial charge in [-0.2, -0.15) is 0 Å². The van der Waals surface area contributed by atoms with E-state index in [-0.39, 0.29) is 11.8 Å². The van der Waals surface area contributed by atoms with Crippen molar-refractivity contribution in [3.63, 3.8) is 0 Å². The number of carbonyl (C=O) groups is 1. The Morgan fingerprint density at radius 3 is 2.48 bits per heavy atom. The van der Waals surface area contributed by atoms with E-state index in [9.17, 15) is 4.79 Å². The largest absolute Gasteiger partial charge is 0.378 e. The van der Waals surface area contributed by atoms with Gasteiger partial charge >= 0.3 is 0 Å². The van der Waals surface area contributed by atoms with E-state index >= 15 is 0 Å². The molecule has 2 aromatic carbocycles. The van der Waals surface area contributed by atoms with Crippen molar-refractivity contribution in [1.29, 1.82) is 0 Å². The average Bonchev–Trinajstić information content (AvgIpc) is 3.24. The lowest BCUT2D eigenvalue weighted by molar-refractivity contribution is -0.120. The lowest BCUT2D eigenvalue weighted by Gasteiger charge is -2.32. The Morgan fingerprint density at radius 2 is 1.76 bits per heavy atom. The van der Waals surface area contributed by atoms with Crippen LogP contribution in [0.1, 0.15) is 12.8 Å². The maximum atomic E-state index is 12.9. The van der Waals surface area contributed by atoms with E-state index in [1.165, 1.54) is 5.69 Å². The fraction of sp³-hybridized carbons (Fsp3) is 0.385. The van der Waals surface area contributed by atoms with Crippen molar-refractivity contribution >= 4 is 34.3 Å². The van der Waals surface area contributed by atoms with Crippen molar-refractivity contribution in [2.24, 2.45) is 5.92 Å². The van der Waals surface area contributed by atoms with E-state index in [1.807, 2.05) is 36.4 Å². The Morgan fingerprint density at radius 1 is 1.03 bits per heavy atom. The Hall–Kier alpha value is -3.32. The molecule has 3 heterocycles. The van der Waals surface area contributed by atoms with Gasteiger partial charge < -0.3 is 24.4 Å². The zero-order valence-corrected chi connectivity index (χ0v) is 18.9. The van der Waals surface area contributed by atoms with Crippen LogP contribution >= 0.6 is 0 Å². The number of imidazole rings is 1. The lowest BCUT2D eigenvalue weighted by atomic mass is 9.96. The normalized spacial score (nSPS) is 17.3. The summed E-state index contributed by atoms with van der Waals surface area (Å²) in [4.78, 5) is 22.4. The fourth-order valence-electron chi connectivity index (χ4n) is 4.78. The Labute approximate surface area is 194 Å². The number of amides is 1. The van der Waals surface area contributed by atoms with Crippen LogP contribution in [0.3, 0.4) is 0 Å². The van der Waals surface area contributed by atoms with Crippen LogP contribution in [0, 0.1) is 5.92 Å². The molecule has 0 aliphatic carbocycles. The summed E-state index contributed by atoms with van der Waals surface area (Å²) in [6, 6.07) is 16.3. The van der Waals surface area contributed by atoms with Gasteiger partial charge in [0.15, 0.2) is 0 Å². The van der Waals surface area contributed by atoms with Crippen molar-refractivity contribution in [2.45, 2.75) is 19.4 Å². The molecule has 5 rings (SSSR count). The molecular formula is C26H31N5O2. The van der Waals surface area contributed by atoms with Crippen LogP contribution in [-0.4, -0.2) is 54.9 Å². The van der Waals surface area contributed by atoms with Crippen LogP contribution < -0.4 is 15.1 Å². The summed E-state index contributed by atoms with van der Waals surface area (Å²) in [5.74, 6) is 1.08. The minimum Gasteiger partial charge on any atom is -0.378 e. The highest BCUT2D eigenvalue weighted by Gasteiger charge is 2.27. The van der Waals surface area contributed by atoms with Crippen molar-refractivity contribution in [2.75, 3.05) is 54.5 Å². The first-order valence-corrected chi connectivity index (χ1v) is 11.8. The van der Waals surface area contributed by atoms with E-state index < -0.39 is 0 Å². The van der Waals surface area contributed by atoms with Gasteiger partial charge in [-0.05, 0) is 49.2 Å². The van der Waals surface area contributed by atoms with Crippen LogP contribution in [0.25, 0.3) is 11.0 Å². The number of hydrogen-bond acceptors (Lipinski definition) is 5. The SMILES string of the molecule is C=CCn1c(N2CCC(C(=O)Nc3ccc(N4CCOCC4)cc3)CC2)nc2ccccc21. The van der Waals surface area contributed by atoms with Crippen molar-refractivity contribution in [3.05, 3.63) is 61.2 Å². The van der Waals surface area contributed by atoms with Gasteiger partial charge in [0.05, 0.1) is 24.2 Å². The molecule has 0 bridgehead atoms. The summed E-state index contributed by atoms with van der Waals surface area (Å²) in [7, 11) is 0. The Balaban J connectivity index is 1.20. The molecule has 0 atom stereocenters. The first kappa shape index (κ1) is 21.5. The van der Waals surface area contributed by atoms with E-state index in [0.29, 0.717) is 0 Å². The number of fused-ring (bicyclic) bond motifs is 1. The molecule has 3 aromatic rings.